The predicted octanol–water partition coefficient (Wildman–Crippen LogP) is 2.08. The summed E-state index contributed by atoms with van der Waals surface area (Å²) < 4.78 is 0. The first-order chi connectivity index (χ1) is 8.37. The van der Waals surface area contributed by atoms with Gasteiger partial charge in [-0.1, -0.05) is 13.8 Å². The molecule has 0 aromatic heterocycles. The monoisotopic (exact) mass is 253 g/mol. The van der Waals surface area contributed by atoms with Crippen molar-refractivity contribution >= 4 is 5.78 Å². The molecule has 18 heavy (non-hydrogen) atoms. The predicted molar refractivity (Wildman–Crippen MR) is 72.4 cm³/mol. The Balaban J connectivity index is 1.89. The second kappa shape index (κ2) is 5.30. The summed E-state index contributed by atoms with van der Waals surface area (Å²) in [5.74, 6) is 2.04. The van der Waals surface area contributed by atoms with E-state index in [1.54, 1.807) is 0 Å². The normalized spacial score (nSPS) is 38.6. The van der Waals surface area contributed by atoms with Crippen molar-refractivity contribution in [3.05, 3.63) is 0 Å². The Morgan fingerprint density at radius 1 is 1.50 bits per heavy atom. The lowest BCUT2D eigenvalue weighted by Gasteiger charge is -2.33. The number of β-amino-alcohol motifs (C(OH)–C–C–N with tert-alkyl or cyclic N) is 1. The fourth-order valence-electron chi connectivity index (χ4n) is 3.43. The van der Waals surface area contributed by atoms with Crippen LogP contribution in [0.3, 0.4) is 0 Å². The number of likely N-dealkylation sites (tertiary alicyclic amines) is 1. The van der Waals surface area contributed by atoms with Gasteiger partial charge in [0.25, 0.3) is 0 Å². The first kappa shape index (κ1) is 14.0. The average Bonchev–Trinajstić information content (AvgIpc) is 2.61. The van der Waals surface area contributed by atoms with Crippen LogP contribution in [0.5, 0.6) is 0 Å². The van der Waals surface area contributed by atoms with E-state index < -0.39 is 5.60 Å². The number of nitrogens with zero attached hydrogens (tertiary/aromatic N) is 1. The van der Waals surface area contributed by atoms with Gasteiger partial charge in [0.05, 0.1) is 5.60 Å². The smallest absolute Gasteiger partial charge is 0.137 e. The van der Waals surface area contributed by atoms with Crippen molar-refractivity contribution in [3.63, 3.8) is 0 Å². The highest BCUT2D eigenvalue weighted by Crippen LogP contribution is 2.33. The standard InChI is InChI=1S/C15H27NO2/c1-11(2)12-4-5-14(17)13(8-12)9-16-7-6-15(3,18)10-16/h11-13,18H,4-10H2,1-3H3. The summed E-state index contributed by atoms with van der Waals surface area (Å²) in [4.78, 5) is 14.3. The minimum absolute atomic E-state index is 0.208. The lowest BCUT2D eigenvalue weighted by atomic mass is 9.75. The van der Waals surface area contributed by atoms with Crippen LogP contribution in [0.1, 0.15) is 46.5 Å². The molecule has 0 spiro atoms. The molecule has 0 bridgehead atoms. The van der Waals surface area contributed by atoms with Gasteiger partial charge in [0.15, 0.2) is 0 Å². The van der Waals surface area contributed by atoms with Crippen LogP contribution >= 0.6 is 0 Å². The molecule has 3 heteroatoms. The van der Waals surface area contributed by atoms with Crippen molar-refractivity contribution in [1.29, 1.82) is 0 Å². The molecule has 0 aromatic rings. The molecule has 3 atom stereocenters. The number of rotatable bonds is 3. The van der Waals surface area contributed by atoms with Gasteiger partial charge < -0.3 is 5.11 Å². The molecule has 104 valence electrons. The zero-order chi connectivity index (χ0) is 13.3. The second-order valence-corrected chi connectivity index (χ2v) is 6.92. The van der Waals surface area contributed by atoms with Crippen molar-refractivity contribution in [2.75, 3.05) is 19.6 Å². The molecule has 3 nitrogen and oxygen atoms in total. The zero-order valence-electron chi connectivity index (χ0n) is 12.0. The molecule has 3 unspecified atom stereocenters. The number of carbonyl (C=O) groups excluding carboxylic acids is 1. The Hall–Kier alpha value is -0.410. The van der Waals surface area contributed by atoms with Crippen LogP contribution in [0.4, 0.5) is 0 Å². The fraction of sp³-hybridized carbons (Fsp3) is 0.933. The summed E-state index contributed by atoms with van der Waals surface area (Å²) in [5, 5.41) is 9.97. The number of hydrogen-bond donors (Lipinski definition) is 1. The fourth-order valence-corrected chi connectivity index (χ4v) is 3.43. The summed E-state index contributed by atoms with van der Waals surface area (Å²) in [7, 11) is 0. The van der Waals surface area contributed by atoms with E-state index in [0.717, 1.165) is 45.3 Å². The van der Waals surface area contributed by atoms with Crippen LogP contribution in [0.2, 0.25) is 0 Å². The van der Waals surface area contributed by atoms with Gasteiger partial charge in [-0.25, -0.2) is 0 Å². The first-order valence-corrected chi connectivity index (χ1v) is 7.35. The average molecular weight is 253 g/mol. The quantitative estimate of drug-likeness (QED) is 0.837. The molecule has 0 amide bonds. The Bertz CT molecular complexity index is 312. The van der Waals surface area contributed by atoms with Gasteiger partial charge in [0.2, 0.25) is 0 Å². The lowest BCUT2D eigenvalue weighted by molar-refractivity contribution is -0.126. The van der Waals surface area contributed by atoms with Crippen LogP contribution in [0, 0.1) is 17.8 Å². The van der Waals surface area contributed by atoms with Gasteiger partial charge in [0.1, 0.15) is 5.78 Å². The summed E-state index contributed by atoms with van der Waals surface area (Å²) in [6.07, 6.45) is 3.72. The van der Waals surface area contributed by atoms with E-state index in [1.165, 1.54) is 0 Å². The van der Waals surface area contributed by atoms with Crippen molar-refractivity contribution in [2.45, 2.75) is 52.1 Å². The molecular formula is C15H27NO2. The first-order valence-electron chi connectivity index (χ1n) is 7.35. The van der Waals surface area contributed by atoms with E-state index in [0.29, 0.717) is 17.6 Å². The van der Waals surface area contributed by atoms with Gasteiger partial charge in [-0.2, -0.15) is 0 Å². The van der Waals surface area contributed by atoms with E-state index >= 15 is 0 Å². The molecule has 1 heterocycles. The Labute approximate surface area is 111 Å². The van der Waals surface area contributed by atoms with E-state index in [-0.39, 0.29) is 5.92 Å². The Morgan fingerprint density at radius 2 is 2.22 bits per heavy atom. The summed E-state index contributed by atoms with van der Waals surface area (Å²) >= 11 is 0. The van der Waals surface area contributed by atoms with Gasteiger partial charge in [-0.15, -0.1) is 0 Å². The van der Waals surface area contributed by atoms with E-state index in [2.05, 4.69) is 18.7 Å². The van der Waals surface area contributed by atoms with Crippen molar-refractivity contribution in [2.24, 2.45) is 17.8 Å². The van der Waals surface area contributed by atoms with E-state index in [4.69, 9.17) is 0 Å². The zero-order valence-corrected chi connectivity index (χ0v) is 12.0. The number of carbonyl (C=O) groups is 1. The minimum Gasteiger partial charge on any atom is -0.389 e. The summed E-state index contributed by atoms with van der Waals surface area (Å²) in [6.45, 7) is 8.94. The maximum Gasteiger partial charge on any atom is 0.137 e. The molecule has 0 radical (unpaired) electrons. The Kier molecular flexibility index (Phi) is 4.12. The number of ketones is 1. The van der Waals surface area contributed by atoms with Gasteiger partial charge in [0, 0.05) is 32.0 Å². The molecule has 2 fully saturated rings. The maximum absolute atomic E-state index is 12.0. The highest BCUT2D eigenvalue weighted by molar-refractivity contribution is 5.82. The van der Waals surface area contributed by atoms with Gasteiger partial charge >= 0.3 is 0 Å². The van der Waals surface area contributed by atoms with Crippen molar-refractivity contribution in [3.8, 4) is 0 Å². The molecule has 1 aliphatic carbocycles. The Morgan fingerprint density at radius 3 is 2.78 bits per heavy atom. The maximum atomic E-state index is 12.0. The molecule has 1 saturated carbocycles. The van der Waals surface area contributed by atoms with Gasteiger partial charge in [-0.05, 0) is 38.0 Å². The third-order valence-electron chi connectivity index (χ3n) is 4.76. The van der Waals surface area contributed by atoms with Crippen LogP contribution in [0.25, 0.3) is 0 Å². The molecule has 1 aliphatic heterocycles. The number of aliphatic hydroxyl groups is 1. The molecule has 2 aliphatic rings. The third-order valence-corrected chi connectivity index (χ3v) is 4.76. The van der Waals surface area contributed by atoms with E-state index in [1.807, 2.05) is 6.92 Å². The van der Waals surface area contributed by atoms with Crippen LogP contribution in [-0.4, -0.2) is 41.0 Å². The lowest BCUT2D eigenvalue weighted by Crippen LogP contribution is -2.38. The third kappa shape index (κ3) is 3.33. The van der Waals surface area contributed by atoms with Gasteiger partial charge in [-0.3, -0.25) is 9.69 Å². The van der Waals surface area contributed by atoms with Crippen LogP contribution in [0.15, 0.2) is 0 Å². The molecule has 1 N–H and O–H groups in total. The highest BCUT2D eigenvalue weighted by Gasteiger charge is 2.36. The minimum atomic E-state index is -0.546. The number of Topliss-reactive ketones (excluding diaryl/α,β-unsaturated/α-hetero) is 1. The SMILES string of the molecule is CC(C)C1CCC(=O)C(CN2CCC(C)(O)C2)C1. The summed E-state index contributed by atoms with van der Waals surface area (Å²) in [6, 6.07) is 0. The molecular weight excluding hydrogens is 226 g/mol. The van der Waals surface area contributed by atoms with E-state index in [9.17, 15) is 9.90 Å². The molecule has 1 saturated heterocycles. The second-order valence-electron chi connectivity index (χ2n) is 6.92. The molecule has 0 aromatic carbocycles. The van der Waals surface area contributed by atoms with Crippen LogP contribution < -0.4 is 0 Å². The number of hydrogen-bond acceptors (Lipinski definition) is 3. The molecule has 2 rings (SSSR count). The highest BCUT2D eigenvalue weighted by atomic mass is 16.3. The summed E-state index contributed by atoms with van der Waals surface area (Å²) in [5.41, 5.74) is -0.546. The topological polar surface area (TPSA) is 40.5 Å². The van der Waals surface area contributed by atoms with Crippen molar-refractivity contribution < 1.29 is 9.90 Å². The van der Waals surface area contributed by atoms with Crippen molar-refractivity contribution in [1.82, 2.24) is 4.90 Å². The largest absolute Gasteiger partial charge is 0.389 e. The van der Waals surface area contributed by atoms with Crippen LogP contribution in [-0.2, 0) is 4.79 Å².